The number of carbonyl (C=O) groups excluding carboxylic acids is 2. The van der Waals surface area contributed by atoms with Crippen molar-refractivity contribution < 1.29 is 19.1 Å². The molecule has 1 saturated heterocycles. The number of fused-ring (bicyclic) bond motifs is 1. The summed E-state index contributed by atoms with van der Waals surface area (Å²) in [6.07, 6.45) is 4.33. The van der Waals surface area contributed by atoms with Gasteiger partial charge in [0.15, 0.2) is 0 Å². The monoisotopic (exact) mass is 402 g/mol. The number of likely N-dealkylation sites (tertiary alicyclic amines) is 1. The number of piperidine rings is 1. The minimum absolute atomic E-state index is 0.190. The van der Waals surface area contributed by atoms with Crippen LogP contribution >= 0.6 is 0 Å². The van der Waals surface area contributed by atoms with E-state index >= 15 is 0 Å². The summed E-state index contributed by atoms with van der Waals surface area (Å²) in [4.78, 5) is 33.5. The fourth-order valence-electron chi connectivity index (χ4n) is 3.49. The van der Waals surface area contributed by atoms with Crippen LogP contribution in [-0.2, 0) is 9.47 Å². The summed E-state index contributed by atoms with van der Waals surface area (Å²) < 4.78 is 10.6. The predicted molar refractivity (Wildman–Crippen MR) is 111 cm³/mol. The molecule has 0 unspecified atom stereocenters. The first-order chi connectivity index (χ1) is 13.6. The summed E-state index contributed by atoms with van der Waals surface area (Å²) in [5, 5.41) is 3.70. The van der Waals surface area contributed by atoms with Gasteiger partial charge in [-0.15, -0.1) is 0 Å². The maximum atomic E-state index is 12.3. The molecule has 8 nitrogen and oxygen atoms in total. The molecule has 0 aromatic carbocycles. The number of anilines is 1. The van der Waals surface area contributed by atoms with Crippen LogP contribution in [0.1, 0.15) is 58.9 Å². The predicted octanol–water partition coefficient (Wildman–Crippen LogP) is 4.63. The highest BCUT2D eigenvalue weighted by Gasteiger charge is 2.28. The number of nitrogens with one attached hydrogen (secondary N) is 2. The highest BCUT2D eigenvalue weighted by Crippen LogP contribution is 2.34. The third-order valence-electron chi connectivity index (χ3n) is 4.74. The van der Waals surface area contributed by atoms with E-state index in [0.717, 1.165) is 29.4 Å². The van der Waals surface area contributed by atoms with Crippen LogP contribution in [0.15, 0.2) is 18.5 Å². The Labute approximate surface area is 171 Å². The van der Waals surface area contributed by atoms with E-state index in [2.05, 4.69) is 15.3 Å². The first-order valence-corrected chi connectivity index (χ1v) is 10.0. The van der Waals surface area contributed by atoms with Crippen LogP contribution in [0.25, 0.3) is 11.0 Å². The quantitative estimate of drug-likeness (QED) is 0.780. The summed E-state index contributed by atoms with van der Waals surface area (Å²) in [5.74, 6) is 0.308. The number of hydrogen-bond donors (Lipinski definition) is 2. The van der Waals surface area contributed by atoms with Gasteiger partial charge in [-0.25, -0.2) is 14.6 Å². The molecule has 0 spiro atoms. The molecule has 2 aromatic heterocycles. The zero-order valence-electron chi connectivity index (χ0n) is 17.7. The molecule has 3 rings (SSSR count). The van der Waals surface area contributed by atoms with E-state index < -0.39 is 11.7 Å². The Morgan fingerprint density at radius 1 is 1.28 bits per heavy atom. The molecule has 2 amide bonds. The Kier molecular flexibility index (Phi) is 6.00. The molecule has 0 radical (unpaired) electrons. The topological polar surface area (TPSA) is 96.5 Å². The first kappa shape index (κ1) is 21.0. The fourth-order valence-corrected chi connectivity index (χ4v) is 3.49. The average Bonchev–Trinajstić information content (AvgIpc) is 3.03. The molecule has 0 atom stereocenters. The molecule has 1 aliphatic heterocycles. The minimum Gasteiger partial charge on any atom is -0.447 e. The third-order valence-corrected chi connectivity index (χ3v) is 4.74. The van der Waals surface area contributed by atoms with Crippen molar-refractivity contribution in [3.05, 3.63) is 24.0 Å². The van der Waals surface area contributed by atoms with Crippen molar-refractivity contribution in [2.45, 2.75) is 65.1 Å². The van der Waals surface area contributed by atoms with Crippen LogP contribution < -0.4 is 5.32 Å². The van der Waals surface area contributed by atoms with Crippen LogP contribution in [0.5, 0.6) is 0 Å². The molecule has 3 heterocycles. The number of nitrogens with zero attached hydrogens (tertiary/aromatic N) is 2. The van der Waals surface area contributed by atoms with E-state index in [9.17, 15) is 9.59 Å². The van der Waals surface area contributed by atoms with Gasteiger partial charge < -0.3 is 19.4 Å². The number of carbonyl (C=O) groups is 2. The Morgan fingerprint density at radius 3 is 2.59 bits per heavy atom. The lowest BCUT2D eigenvalue weighted by molar-refractivity contribution is 0.0205. The molecule has 0 saturated carbocycles. The number of aromatic amines is 1. The van der Waals surface area contributed by atoms with Crippen molar-refractivity contribution in [2.24, 2.45) is 0 Å². The summed E-state index contributed by atoms with van der Waals surface area (Å²) >= 11 is 0. The van der Waals surface area contributed by atoms with Gasteiger partial charge in [0, 0.05) is 24.7 Å². The van der Waals surface area contributed by atoms with E-state index in [-0.39, 0.29) is 12.2 Å². The number of aromatic nitrogens is 2. The van der Waals surface area contributed by atoms with Crippen LogP contribution in [-0.4, -0.2) is 51.8 Å². The number of H-pyrrole nitrogens is 1. The van der Waals surface area contributed by atoms with E-state index in [0.29, 0.717) is 24.7 Å². The first-order valence-electron chi connectivity index (χ1n) is 10.0. The van der Waals surface area contributed by atoms with E-state index in [1.807, 2.05) is 33.0 Å². The lowest BCUT2D eigenvalue weighted by Gasteiger charge is -2.33. The maximum Gasteiger partial charge on any atom is 0.411 e. The molecule has 1 aliphatic rings. The van der Waals surface area contributed by atoms with Gasteiger partial charge in [-0.3, -0.25) is 5.32 Å². The van der Waals surface area contributed by atoms with E-state index in [4.69, 9.17) is 9.47 Å². The van der Waals surface area contributed by atoms with Crippen LogP contribution in [0.4, 0.5) is 15.3 Å². The van der Waals surface area contributed by atoms with Crippen molar-refractivity contribution in [3.63, 3.8) is 0 Å². The highest BCUT2D eigenvalue weighted by molar-refractivity contribution is 5.89. The SMILES string of the molecule is CC(C)OC(=O)Nc1cnc2[nH]cc(C3CCN(C(=O)OC(C)(C)C)CC3)c2c1. The summed E-state index contributed by atoms with van der Waals surface area (Å²) in [7, 11) is 0. The van der Waals surface area contributed by atoms with E-state index in [1.165, 1.54) is 0 Å². The van der Waals surface area contributed by atoms with Gasteiger partial charge in [-0.05, 0) is 65.0 Å². The largest absolute Gasteiger partial charge is 0.447 e. The molecule has 0 bridgehead atoms. The van der Waals surface area contributed by atoms with Crippen LogP contribution in [0.3, 0.4) is 0 Å². The number of hydrogen-bond acceptors (Lipinski definition) is 5. The van der Waals surface area contributed by atoms with Crippen molar-refractivity contribution in [1.82, 2.24) is 14.9 Å². The van der Waals surface area contributed by atoms with Gasteiger partial charge in [-0.1, -0.05) is 0 Å². The van der Waals surface area contributed by atoms with Crippen molar-refractivity contribution in [2.75, 3.05) is 18.4 Å². The number of amides is 2. The summed E-state index contributed by atoms with van der Waals surface area (Å²) in [5.41, 5.74) is 2.03. The van der Waals surface area contributed by atoms with Gasteiger partial charge in [-0.2, -0.15) is 0 Å². The smallest absolute Gasteiger partial charge is 0.411 e. The zero-order valence-corrected chi connectivity index (χ0v) is 17.7. The van der Waals surface area contributed by atoms with Gasteiger partial charge in [0.25, 0.3) is 0 Å². The lowest BCUT2D eigenvalue weighted by atomic mass is 9.89. The number of pyridine rings is 1. The molecule has 2 aromatic rings. The summed E-state index contributed by atoms with van der Waals surface area (Å²) in [6, 6.07) is 1.91. The molecule has 0 aliphatic carbocycles. The average molecular weight is 402 g/mol. The minimum atomic E-state index is -0.496. The Morgan fingerprint density at radius 2 is 1.97 bits per heavy atom. The van der Waals surface area contributed by atoms with Gasteiger partial charge >= 0.3 is 12.2 Å². The van der Waals surface area contributed by atoms with Crippen LogP contribution in [0, 0.1) is 0 Å². The Hall–Kier alpha value is -2.77. The molecular weight excluding hydrogens is 372 g/mol. The maximum absolute atomic E-state index is 12.3. The second-order valence-electron chi connectivity index (χ2n) is 8.68. The van der Waals surface area contributed by atoms with Crippen molar-refractivity contribution in [1.29, 1.82) is 0 Å². The summed E-state index contributed by atoms with van der Waals surface area (Å²) in [6.45, 7) is 10.5. The van der Waals surface area contributed by atoms with Gasteiger partial charge in [0.2, 0.25) is 0 Å². The van der Waals surface area contributed by atoms with Crippen molar-refractivity contribution in [3.8, 4) is 0 Å². The molecule has 2 N–H and O–H groups in total. The van der Waals surface area contributed by atoms with Gasteiger partial charge in [0.05, 0.1) is 18.0 Å². The molecule has 1 fully saturated rings. The Balaban J connectivity index is 1.68. The molecule has 158 valence electrons. The molecule has 8 heteroatoms. The highest BCUT2D eigenvalue weighted by atomic mass is 16.6. The van der Waals surface area contributed by atoms with Crippen LogP contribution in [0.2, 0.25) is 0 Å². The lowest BCUT2D eigenvalue weighted by Crippen LogP contribution is -2.41. The van der Waals surface area contributed by atoms with Gasteiger partial charge in [0.1, 0.15) is 11.2 Å². The molecule has 29 heavy (non-hydrogen) atoms. The number of rotatable bonds is 3. The zero-order chi connectivity index (χ0) is 21.2. The normalized spacial score (nSPS) is 15.6. The molecular formula is C21H30N4O4. The second-order valence-corrected chi connectivity index (χ2v) is 8.68. The third kappa shape index (κ3) is 5.40. The standard InChI is InChI=1S/C21H30N4O4/c1-13(2)28-19(26)24-15-10-16-17(12-23-18(16)22-11-15)14-6-8-25(9-7-14)20(27)29-21(3,4)5/h10-14H,6-9H2,1-5H3,(H,22,23)(H,24,26). The Bertz CT molecular complexity index is 876. The van der Waals surface area contributed by atoms with E-state index in [1.54, 1.807) is 24.9 Å². The number of ether oxygens (including phenoxy) is 2. The second kappa shape index (κ2) is 8.31. The fraction of sp³-hybridized carbons (Fsp3) is 0.571. The van der Waals surface area contributed by atoms with Crippen molar-refractivity contribution >= 4 is 28.9 Å².